The van der Waals surface area contributed by atoms with Gasteiger partial charge < -0.3 is 9.53 Å². The molecule has 0 heterocycles. The summed E-state index contributed by atoms with van der Waals surface area (Å²) >= 11 is 0. The number of aliphatic hydroxyl groups excluding tert-OH is 1. The lowest BCUT2D eigenvalue weighted by Crippen LogP contribution is -2.49. The summed E-state index contributed by atoms with van der Waals surface area (Å²) in [6, 6.07) is 10.4. The Morgan fingerprint density at radius 2 is 1.58 bits per heavy atom. The smallest absolute Gasteiger partial charge is 0.200 e. The fourth-order valence-electron chi connectivity index (χ4n) is 5.34. The molecule has 176 valence electrons. The molecular formula is C28H48O2Si. The monoisotopic (exact) mass is 444 g/mol. The molecule has 31 heavy (non-hydrogen) atoms. The maximum absolute atomic E-state index is 11.4. The van der Waals surface area contributed by atoms with E-state index in [0.717, 1.165) is 12.8 Å². The highest BCUT2D eigenvalue weighted by atomic mass is 28.4. The van der Waals surface area contributed by atoms with Crippen LogP contribution in [0.3, 0.4) is 0 Å². The average Bonchev–Trinajstić information content (AvgIpc) is 2.71. The van der Waals surface area contributed by atoms with Crippen molar-refractivity contribution in [3.8, 4) is 0 Å². The van der Waals surface area contributed by atoms with Gasteiger partial charge in [0.2, 0.25) is 0 Å². The van der Waals surface area contributed by atoms with Crippen LogP contribution in [-0.2, 0) is 4.43 Å². The van der Waals surface area contributed by atoms with Gasteiger partial charge in [0, 0.05) is 18.4 Å². The summed E-state index contributed by atoms with van der Waals surface area (Å²) < 4.78 is 6.97. The van der Waals surface area contributed by atoms with Crippen molar-refractivity contribution in [2.24, 2.45) is 5.92 Å². The summed E-state index contributed by atoms with van der Waals surface area (Å²) in [4.78, 5) is 0. The number of allylic oxidation sites excluding steroid dienone is 2. The van der Waals surface area contributed by atoms with E-state index in [1.165, 1.54) is 17.6 Å². The van der Waals surface area contributed by atoms with Gasteiger partial charge in [-0.25, -0.2) is 0 Å². The summed E-state index contributed by atoms with van der Waals surface area (Å²) in [7, 11) is -2.02. The number of hydrogen-bond acceptors (Lipinski definition) is 2. The highest BCUT2D eigenvalue weighted by Gasteiger charge is 2.46. The lowest BCUT2D eigenvalue weighted by Gasteiger charge is -2.44. The van der Waals surface area contributed by atoms with Crippen LogP contribution in [0.5, 0.6) is 0 Å². The molecule has 2 nitrogen and oxygen atoms in total. The quantitative estimate of drug-likeness (QED) is 0.231. The third kappa shape index (κ3) is 7.44. The Labute approximate surface area is 193 Å². The number of benzene rings is 1. The summed E-state index contributed by atoms with van der Waals surface area (Å²) in [5.74, 6) is -0.00999. The third-order valence-electron chi connectivity index (χ3n) is 6.95. The SMILES string of the molecule is C=C[C@@H](c1ccccc1)[C@H](CO[Si](C(C)C)(C(C)C)C(C)C)[C@@H](O)/C=C(\C)CCCC. The van der Waals surface area contributed by atoms with Gasteiger partial charge in [0.15, 0.2) is 8.32 Å². The van der Waals surface area contributed by atoms with Gasteiger partial charge in [-0.3, -0.25) is 0 Å². The van der Waals surface area contributed by atoms with Crippen LogP contribution >= 0.6 is 0 Å². The second-order valence-corrected chi connectivity index (χ2v) is 15.5. The van der Waals surface area contributed by atoms with Crippen molar-refractivity contribution in [1.82, 2.24) is 0 Å². The number of unbranched alkanes of at least 4 members (excludes halogenated alkanes) is 1. The molecule has 1 aromatic rings. The van der Waals surface area contributed by atoms with Gasteiger partial charge in [0.05, 0.1) is 6.10 Å². The highest BCUT2D eigenvalue weighted by Crippen LogP contribution is 2.43. The Morgan fingerprint density at radius 3 is 2.03 bits per heavy atom. The van der Waals surface area contributed by atoms with Crippen LogP contribution in [-0.4, -0.2) is 26.1 Å². The maximum Gasteiger partial charge on any atom is 0.200 e. The summed E-state index contributed by atoms with van der Waals surface area (Å²) in [6.45, 7) is 22.9. The fourth-order valence-corrected chi connectivity index (χ4v) is 10.8. The molecule has 0 aromatic heterocycles. The maximum atomic E-state index is 11.4. The zero-order chi connectivity index (χ0) is 23.6. The second kappa shape index (κ2) is 13.4. The Hall–Kier alpha value is -1.16. The zero-order valence-electron chi connectivity index (χ0n) is 21.4. The first kappa shape index (κ1) is 27.9. The molecule has 0 saturated heterocycles. The van der Waals surface area contributed by atoms with Crippen molar-refractivity contribution in [3.05, 3.63) is 60.2 Å². The minimum atomic E-state index is -2.02. The van der Waals surface area contributed by atoms with Gasteiger partial charge in [0.1, 0.15) is 0 Å². The highest BCUT2D eigenvalue weighted by molar-refractivity contribution is 6.77. The average molecular weight is 445 g/mol. The second-order valence-electron chi connectivity index (χ2n) is 10.1. The van der Waals surface area contributed by atoms with Gasteiger partial charge in [-0.05, 0) is 42.0 Å². The summed E-state index contributed by atoms with van der Waals surface area (Å²) in [6.07, 6.45) is 6.85. The van der Waals surface area contributed by atoms with Gasteiger partial charge in [-0.2, -0.15) is 0 Å². The van der Waals surface area contributed by atoms with E-state index in [2.05, 4.69) is 92.3 Å². The molecule has 0 aliphatic carbocycles. The first-order chi connectivity index (χ1) is 14.6. The molecular weight excluding hydrogens is 396 g/mol. The molecule has 0 aliphatic heterocycles. The van der Waals surface area contributed by atoms with Crippen molar-refractivity contribution < 1.29 is 9.53 Å². The fraction of sp³-hybridized carbons (Fsp3) is 0.643. The Balaban J connectivity index is 3.30. The van der Waals surface area contributed by atoms with Crippen LogP contribution in [0, 0.1) is 5.92 Å². The molecule has 0 fully saturated rings. The van der Waals surface area contributed by atoms with Gasteiger partial charge in [-0.15, -0.1) is 6.58 Å². The molecule has 0 amide bonds. The Morgan fingerprint density at radius 1 is 1.03 bits per heavy atom. The van der Waals surface area contributed by atoms with Crippen LogP contribution < -0.4 is 0 Å². The molecule has 1 N–H and O–H groups in total. The predicted molar refractivity (Wildman–Crippen MR) is 139 cm³/mol. The summed E-state index contributed by atoms with van der Waals surface area (Å²) in [5.41, 5.74) is 4.01. The molecule has 0 bridgehead atoms. The van der Waals surface area contributed by atoms with E-state index >= 15 is 0 Å². The molecule has 3 heteroatoms. The van der Waals surface area contributed by atoms with E-state index in [0.29, 0.717) is 23.2 Å². The predicted octanol–water partition coefficient (Wildman–Crippen LogP) is 8.26. The van der Waals surface area contributed by atoms with Crippen LogP contribution in [0.1, 0.15) is 86.1 Å². The van der Waals surface area contributed by atoms with E-state index in [1.807, 2.05) is 12.1 Å². The van der Waals surface area contributed by atoms with Gasteiger partial charge >= 0.3 is 0 Å². The lowest BCUT2D eigenvalue weighted by molar-refractivity contribution is 0.0928. The van der Waals surface area contributed by atoms with E-state index in [4.69, 9.17) is 4.43 Å². The first-order valence-electron chi connectivity index (χ1n) is 12.3. The first-order valence-corrected chi connectivity index (χ1v) is 14.4. The van der Waals surface area contributed by atoms with Crippen molar-refractivity contribution in [1.29, 1.82) is 0 Å². The molecule has 1 rings (SSSR count). The Bertz CT molecular complexity index is 641. The van der Waals surface area contributed by atoms with Crippen molar-refractivity contribution >= 4 is 8.32 Å². The molecule has 0 saturated carbocycles. The standard InChI is InChI=1S/C28H48O2Si/c1-10-12-16-24(9)19-28(29)27(26(11-2)25-17-14-13-15-18-25)20-30-31(21(3)4,22(5)6)23(7)8/h11,13-15,17-19,21-23,26-29H,2,10,12,16,20H2,1,3-9H3/b24-19+/t26-,27-,28-/m0/s1. The molecule has 3 atom stereocenters. The van der Waals surface area contributed by atoms with Crippen LogP contribution in [0.2, 0.25) is 16.6 Å². The minimum Gasteiger partial charge on any atom is -0.416 e. The number of aliphatic hydroxyl groups is 1. The van der Waals surface area contributed by atoms with Crippen LogP contribution in [0.25, 0.3) is 0 Å². The lowest BCUT2D eigenvalue weighted by atomic mass is 9.82. The topological polar surface area (TPSA) is 29.5 Å². The third-order valence-corrected chi connectivity index (χ3v) is 13.0. The van der Waals surface area contributed by atoms with Crippen molar-refractivity contribution in [3.63, 3.8) is 0 Å². The van der Waals surface area contributed by atoms with E-state index in [9.17, 15) is 5.11 Å². The number of rotatable bonds is 14. The normalized spacial score (nSPS) is 16.1. The van der Waals surface area contributed by atoms with Gasteiger partial charge in [0.25, 0.3) is 0 Å². The molecule has 1 aromatic carbocycles. The largest absolute Gasteiger partial charge is 0.416 e. The molecule has 0 unspecified atom stereocenters. The van der Waals surface area contributed by atoms with Crippen LogP contribution in [0.15, 0.2) is 54.6 Å². The Kier molecular flexibility index (Phi) is 12.0. The minimum absolute atomic E-state index is 0.0459. The zero-order valence-corrected chi connectivity index (χ0v) is 22.4. The van der Waals surface area contributed by atoms with E-state index < -0.39 is 14.4 Å². The molecule has 0 aliphatic rings. The van der Waals surface area contributed by atoms with E-state index in [1.54, 1.807) is 0 Å². The van der Waals surface area contributed by atoms with Gasteiger partial charge in [-0.1, -0.05) is 103 Å². The van der Waals surface area contributed by atoms with Crippen molar-refractivity contribution in [2.45, 2.75) is 103 Å². The van der Waals surface area contributed by atoms with Crippen LogP contribution in [0.4, 0.5) is 0 Å². The molecule has 0 radical (unpaired) electrons. The molecule has 0 spiro atoms. The van der Waals surface area contributed by atoms with E-state index in [-0.39, 0.29) is 11.8 Å². The summed E-state index contributed by atoms with van der Waals surface area (Å²) in [5, 5.41) is 11.4. The number of hydrogen-bond donors (Lipinski definition) is 1. The van der Waals surface area contributed by atoms with Crippen molar-refractivity contribution in [2.75, 3.05) is 6.61 Å².